The first-order valence-corrected chi connectivity index (χ1v) is 6.96. The first kappa shape index (κ1) is 13.8. The molecule has 0 saturated carbocycles. The van der Waals surface area contributed by atoms with E-state index in [-0.39, 0.29) is 6.04 Å². The number of rotatable bonds is 7. The Hall–Kier alpha value is -1.62. The molecule has 0 amide bonds. The summed E-state index contributed by atoms with van der Waals surface area (Å²) in [6, 6.07) is 0.215. The average Bonchev–Trinajstić information content (AvgIpc) is 3.03. The van der Waals surface area contributed by atoms with Gasteiger partial charge in [0.2, 0.25) is 0 Å². The summed E-state index contributed by atoms with van der Waals surface area (Å²) in [5.41, 5.74) is 0. The maximum absolute atomic E-state index is 4.47. The van der Waals surface area contributed by atoms with Gasteiger partial charge in [0, 0.05) is 44.8 Å². The van der Waals surface area contributed by atoms with Crippen LogP contribution in [0.25, 0.3) is 0 Å². The quantitative estimate of drug-likeness (QED) is 0.828. The number of hydrogen-bond donors (Lipinski definition) is 1. The molecule has 1 N–H and O–H groups in total. The second-order valence-electron chi connectivity index (χ2n) is 4.74. The molecule has 0 bridgehead atoms. The highest BCUT2D eigenvalue weighted by Gasteiger charge is 2.18. The summed E-state index contributed by atoms with van der Waals surface area (Å²) in [5, 5.41) is 3.57. The molecule has 0 spiro atoms. The molecule has 0 radical (unpaired) electrons. The fourth-order valence-electron chi connectivity index (χ4n) is 2.29. The Morgan fingerprint density at radius 3 is 2.63 bits per heavy atom. The van der Waals surface area contributed by atoms with Crippen LogP contribution in [0, 0.1) is 0 Å². The fraction of sp³-hybridized carbons (Fsp3) is 0.571. The topological polar surface area (TPSA) is 47.7 Å². The largest absolute Gasteiger partial charge is 0.337 e. The van der Waals surface area contributed by atoms with Gasteiger partial charge in [0.05, 0.1) is 6.04 Å². The zero-order valence-corrected chi connectivity index (χ0v) is 12.0. The molecule has 19 heavy (non-hydrogen) atoms. The Labute approximate surface area is 114 Å². The molecule has 0 aromatic carbocycles. The van der Waals surface area contributed by atoms with Crippen molar-refractivity contribution in [1.29, 1.82) is 0 Å². The molecule has 2 heterocycles. The van der Waals surface area contributed by atoms with E-state index in [1.807, 2.05) is 31.8 Å². The number of aromatic nitrogens is 4. The number of aryl methyl sites for hydroxylation is 2. The highest BCUT2D eigenvalue weighted by molar-refractivity contribution is 5.04. The molecule has 1 atom stereocenters. The highest BCUT2D eigenvalue weighted by atomic mass is 15.1. The summed E-state index contributed by atoms with van der Waals surface area (Å²) in [6.07, 6.45) is 9.72. The van der Waals surface area contributed by atoms with E-state index in [0.29, 0.717) is 0 Å². The van der Waals surface area contributed by atoms with Crippen molar-refractivity contribution in [3.05, 3.63) is 36.4 Å². The Morgan fingerprint density at radius 2 is 2.00 bits per heavy atom. The third kappa shape index (κ3) is 3.23. The van der Waals surface area contributed by atoms with Crippen LogP contribution in [0.2, 0.25) is 0 Å². The van der Waals surface area contributed by atoms with E-state index < -0.39 is 0 Å². The lowest BCUT2D eigenvalue weighted by molar-refractivity contribution is 0.474. The number of nitrogens with zero attached hydrogens (tertiary/aromatic N) is 4. The summed E-state index contributed by atoms with van der Waals surface area (Å²) >= 11 is 0. The molecule has 2 rings (SSSR count). The zero-order chi connectivity index (χ0) is 13.7. The number of nitrogens with one attached hydrogen (secondary N) is 1. The monoisotopic (exact) mass is 261 g/mol. The van der Waals surface area contributed by atoms with Gasteiger partial charge in [0.1, 0.15) is 11.6 Å². The van der Waals surface area contributed by atoms with Gasteiger partial charge < -0.3 is 14.5 Å². The molecule has 0 fully saturated rings. The van der Waals surface area contributed by atoms with Crippen LogP contribution in [0.3, 0.4) is 0 Å². The summed E-state index contributed by atoms with van der Waals surface area (Å²) < 4.78 is 4.26. The van der Waals surface area contributed by atoms with Gasteiger partial charge in [-0.1, -0.05) is 6.92 Å². The first-order valence-electron chi connectivity index (χ1n) is 6.96. The Balaban J connectivity index is 2.17. The molecule has 0 aliphatic carbocycles. The molecule has 5 heteroatoms. The van der Waals surface area contributed by atoms with Gasteiger partial charge in [-0.05, 0) is 19.9 Å². The van der Waals surface area contributed by atoms with Crippen LogP contribution < -0.4 is 5.32 Å². The molecule has 104 valence electrons. The van der Waals surface area contributed by atoms with Crippen molar-refractivity contribution < 1.29 is 0 Å². The van der Waals surface area contributed by atoms with Crippen LogP contribution >= 0.6 is 0 Å². The first-order chi connectivity index (χ1) is 9.26. The van der Waals surface area contributed by atoms with Gasteiger partial charge in [-0.3, -0.25) is 0 Å². The minimum absolute atomic E-state index is 0.215. The lowest BCUT2D eigenvalue weighted by Crippen LogP contribution is -2.27. The minimum Gasteiger partial charge on any atom is -0.337 e. The lowest BCUT2D eigenvalue weighted by atomic mass is 10.1. The molecular formula is C14H23N5. The standard InChI is InChI=1S/C14H23N5/c1-4-6-15-12(14-17-7-9-18(14)3)11-13-16-8-10-19(13)5-2/h7-10,12,15H,4-6,11H2,1-3H3. The molecule has 2 aromatic heterocycles. The zero-order valence-electron chi connectivity index (χ0n) is 12.0. The van der Waals surface area contributed by atoms with Crippen molar-refractivity contribution in [1.82, 2.24) is 24.4 Å². The molecule has 0 saturated heterocycles. The Morgan fingerprint density at radius 1 is 1.21 bits per heavy atom. The maximum atomic E-state index is 4.47. The normalized spacial score (nSPS) is 12.8. The summed E-state index contributed by atoms with van der Waals surface area (Å²) in [6.45, 7) is 6.26. The average molecular weight is 261 g/mol. The van der Waals surface area contributed by atoms with E-state index in [9.17, 15) is 0 Å². The predicted octanol–water partition coefficient (Wildman–Crippen LogP) is 1.92. The van der Waals surface area contributed by atoms with Crippen LogP contribution in [-0.4, -0.2) is 25.6 Å². The van der Waals surface area contributed by atoms with E-state index in [4.69, 9.17) is 0 Å². The number of imidazole rings is 2. The van der Waals surface area contributed by atoms with Gasteiger partial charge in [0.25, 0.3) is 0 Å². The molecule has 0 aliphatic heterocycles. The molecular weight excluding hydrogens is 238 g/mol. The minimum atomic E-state index is 0.215. The third-order valence-electron chi connectivity index (χ3n) is 3.34. The van der Waals surface area contributed by atoms with E-state index in [1.54, 1.807) is 0 Å². The highest BCUT2D eigenvalue weighted by Crippen LogP contribution is 2.15. The van der Waals surface area contributed by atoms with Gasteiger partial charge in [-0.2, -0.15) is 0 Å². The lowest BCUT2D eigenvalue weighted by Gasteiger charge is -2.18. The van der Waals surface area contributed by atoms with Crippen LogP contribution in [-0.2, 0) is 20.0 Å². The van der Waals surface area contributed by atoms with Gasteiger partial charge in [-0.25, -0.2) is 9.97 Å². The van der Waals surface area contributed by atoms with E-state index in [1.165, 1.54) is 0 Å². The summed E-state index contributed by atoms with van der Waals surface area (Å²) in [4.78, 5) is 8.93. The van der Waals surface area contributed by atoms with Crippen LogP contribution in [0.4, 0.5) is 0 Å². The van der Waals surface area contributed by atoms with Crippen molar-refractivity contribution >= 4 is 0 Å². The van der Waals surface area contributed by atoms with E-state index in [0.717, 1.165) is 37.6 Å². The van der Waals surface area contributed by atoms with Crippen LogP contribution in [0.1, 0.15) is 38.0 Å². The fourth-order valence-corrected chi connectivity index (χ4v) is 2.29. The van der Waals surface area contributed by atoms with Crippen molar-refractivity contribution in [2.45, 2.75) is 39.3 Å². The SMILES string of the molecule is CCCNC(Cc1nccn1CC)c1nccn1C. The van der Waals surface area contributed by atoms with Gasteiger partial charge in [0.15, 0.2) is 0 Å². The number of hydrogen-bond acceptors (Lipinski definition) is 3. The third-order valence-corrected chi connectivity index (χ3v) is 3.34. The van der Waals surface area contributed by atoms with Crippen molar-refractivity contribution in [3.8, 4) is 0 Å². The molecule has 5 nitrogen and oxygen atoms in total. The summed E-state index contributed by atoms with van der Waals surface area (Å²) in [7, 11) is 2.04. The van der Waals surface area contributed by atoms with Crippen LogP contribution in [0.5, 0.6) is 0 Å². The van der Waals surface area contributed by atoms with Gasteiger partial charge in [-0.15, -0.1) is 0 Å². The molecule has 2 aromatic rings. The van der Waals surface area contributed by atoms with Crippen molar-refractivity contribution in [2.24, 2.45) is 7.05 Å². The van der Waals surface area contributed by atoms with Gasteiger partial charge >= 0.3 is 0 Å². The molecule has 0 aliphatic rings. The van der Waals surface area contributed by atoms with E-state index in [2.05, 4.69) is 38.3 Å². The Kier molecular flexibility index (Phi) is 4.74. The predicted molar refractivity (Wildman–Crippen MR) is 75.8 cm³/mol. The second-order valence-corrected chi connectivity index (χ2v) is 4.74. The van der Waals surface area contributed by atoms with E-state index >= 15 is 0 Å². The van der Waals surface area contributed by atoms with Crippen molar-refractivity contribution in [3.63, 3.8) is 0 Å². The Bertz CT molecular complexity index is 499. The smallest absolute Gasteiger partial charge is 0.126 e. The summed E-state index contributed by atoms with van der Waals surface area (Å²) in [5.74, 6) is 2.18. The maximum Gasteiger partial charge on any atom is 0.126 e. The molecule has 1 unspecified atom stereocenters. The van der Waals surface area contributed by atoms with Crippen molar-refractivity contribution in [2.75, 3.05) is 6.54 Å². The second kappa shape index (κ2) is 6.52. The van der Waals surface area contributed by atoms with Crippen LogP contribution in [0.15, 0.2) is 24.8 Å².